The van der Waals surface area contributed by atoms with Gasteiger partial charge in [-0.25, -0.2) is 9.78 Å². The first kappa shape index (κ1) is 20.9. The quantitative estimate of drug-likeness (QED) is 0.584. The predicted molar refractivity (Wildman–Crippen MR) is 120 cm³/mol. The summed E-state index contributed by atoms with van der Waals surface area (Å²) in [5, 5.41) is 0.713. The summed E-state index contributed by atoms with van der Waals surface area (Å²) < 4.78 is 10.9. The largest absolute Gasteiger partial charge is 0.492 e. The van der Waals surface area contributed by atoms with Crippen molar-refractivity contribution in [1.82, 2.24) is 14.9 Å². The Kier molecular flexibility index (Phi) is 6.18. The van der Waals surface area contributed by atoms with E-state index >= 15 is 0 Å². The van der Waals surface area contributed by atoms with E-state index in [1.165, 1.54) is 12.7 Å². The number of likely N-dealkylation sites (tertiary alicyclic amines) is 1. The van der Waals surface area contributed by atoms with E-state index in [0.29, 0.717) is 40.6 Å². The zero-order valence-electron chi connectivity index (χ0n) is 17.6. The van der Waals surface area contributed by atoms with Gasteiger partial charge in [0, 0.05) is 6.54 Å². The van der Waals surface area contributed by atoms with Crippen molar-refractivity contribution in [3.05, 3.63) is 53.6 Å². The van der Waals surface area contributed by atoms with Crippen LogP contribution in [0.1, 0.15) is 28.8 Å². The van der Waals surface area contributed by atoms with E-state index in [1.807, 2.05) is 42.5 Å². The highest BCUT2D eigenvalue weighted by atomic mass is 16.5. The molecule has 0 atom stereocenters. The third-order valence-corrected chi connectivity index (χ3v) is 5.69. The first-order chi connectivity index (χ1) is 15.0. The van der Waals surface area contributed by atoms with Gasteiger partial charge in [0.2, 0.25) is 5.95 Å². The molecule has 8 nitrogen and oxygen atoms in total. The molecule has 4 N–H and O–H groups in total. The average Bonchev–Trinajstić information content (AvgIpc) is 2.78. The number of ether oxygens (including phenoxy) is 2. The average molecular weight is 422 g/mol. The summed E-state index contributed by atoms with van der Waals surface area (Å²) in [6, 6.07) is 13.2. The molecule has 1 aliphatic rings. The summed E-state index contributed by atoms with van der Waals surface area (Å²) in [5.41, 5.74) is 14.2. The number of fused-ring (bicyclic) bond motifs is 1. The van der Waals surface area contributed by atoms with Crippen LogP contribution in [0.4, 0.5) is 11.8 Å². The smallest absolute Gasteiger partial charge is 0.337 e. The second kappa shape index (κ2) is 9.18. The summed E-state index contributed by atoms with van der Waals surface area (Å²) >= 11 is 0. The topological polar surface area (TPSA) is 117 Å². The molecule has 162 valence electrons. The third kappa shape index (κ3) is 4.86. The van der Waals surface area contributed by atoms with Gasteiger partial charge in [0.05, 0.1) is 30.2 Å². The summed E-state index contributed by atoms with van der Waals surface area (Å²) in [7, 11) is 1.39. The molecule has 2 heterocycles. The lowest BCUT2D eigenvalue weighted by Crippen LogP contribution is -2.35. The van der Waals surface area contributed by atoms with E-state index in [-0.39, 0.29) is 11.9 Å². The van der Waals surface area contributed by atoms with Crippen LogP contribution in [-0.2, 0) is 11.3 Å². The molecule has 1 saturated heterocycles. The molecule has 3 aromatic rings. The van der Waals surface area contributed by atoms with Crippen molar-refractivity contribution >= 4 is 28.6 Å². The zero-order valence-corrected chi connectivity index (χ0v) is 17.6. The van der Waals surface area contributed by atoms with E-state index in [0.717, 1.165) is 32.5 Å². The first-order valence-corrected chi connectivity index (χ1v) is 10.4. The summed E-state index contributed by atoms with van der Waals surface area (Å²) in [6.45, 7) is 3.51. The molecule has 0 amide bonds. The summed E-state index contributed by atoms with van der Waals surface area (Å²) in [5.74, 6) is 1.36. The number of anilines is 2. The fraction of sp³-hybridized carbons (Fsp3) is 0.348. The van der Waals surface area contributed by atoms with Crippen LogP contribution in [0.3, 0.4) is 0 Å². The highest BCUT2D eigenvalue weighted by Crippen LogP contribution is 2.30. The number of hydrogen-bond donors (Lipinski definition) is 2. The zero-order chi connectivity index (χ0) is 21.8. The standard InChI is InChI=1S/C23H27N5O3/c1-30-22(29)17-7-5-15(6-8-17)13-28-11-9-16(10-12-28)14-31-19-4-2-3-18-20(19)21(24)27-23(25)26-18/h2-8,16H,9-14H2,1H3,(H4,24,25,26,27). The molecule has 2 aromatic carbocycles. The maximum absolute atomic E-state index is 11.6. The fourth-order valence-corrected chi connectivity index (χ4v) is 3.96. The van der Waals surface area contributed by atoms with Crippen molar-refractivity contribution in [3.8, 4) is 5.75 Å². The number of esters is 1. The SMILES string of the molecule is COC(=O)c1ccc(CN2CCC(COc3cccc4nc(N)nc(N)c34)CC2)cc1. The number of aromatic nitrogens is 2. The number of hydrogen-bond acceptors (Lipinski definition) is 8. The number of carbonyl (C=O) groups excluding carboxylic acids is 1. The van der Waals surface area contributed by atoms with Gasteiger partial charge in [0.1, 0.15) is 11.6 Å². The number of benzene rings is 2. The second-order valence-corrected chi connectivity index (χ2v) is 7.84. The number of carbonyl (C=O) groups is 1. The minimum Gasteiger partial charge on any atom is -0.492 e. The molecule has 0 spiro atoms. The molecule has 4 rings (SSSR count). The van der Waals surface area contributed by atoms with Gasteiger partial charge in [-0.15, -0.1) is 0 Å². The fourth-order valence-electron chi connectivity index (χ4n) is 3.96. The van der Waals surface area contributed by atoms with Crippen LogP contribution in [0.25, 0.3) is 10.9 Å². The Morgan fingerprint density at radius 1 is 1.10 bits per heavy atom. The molecule has 8 heteroatoms. The van der Waals surface area contributed by atoms with Gasteiger partial charge in [0.15, 0.2) is 0 Å². The van der Waals surface area contributed by atoms with Crippen LogP contribution in [0.2, 0.25) is 0 Å². The number of nitrogens with zero attached hydrogens (tertiary/aromatic N) is 3. The number of nitrogen functional groups attached to an aromatic ring is 2. The monoisotopic (exact) mass is 421 g/mol. The lowest BCUT2D eigenvalue weighted by molar-refractivity contribution is 0.0600. The molecule has 0 aliphatic carbocycles. The lowest BCUT2D eigenvalue weighted by Gasteiger charge is -2.32. The second-order valence-electron chi connectivity index (χ2n) is 7.84. The molecular weight excluding hydrogens is 394 g/mol. The van der Waals surface area contributed by atoms with Crippen LogP contribution < -0.4 is 16.2 Å². The highest BCUT2D eigenvalue weighted by Gasteiger charge is 2.21. The molecule has 0 unspecified atom stereocenters. The maximum Gasteiger partial charge on any atom is 0.337 e. The van der Waals surface area contributed by atoms with Crippen molar-refractivity contribution < 1.29 is 14.3 Å². The van der Waals surface area contributed by atoms with Crippen molar-refractivity contribution in [1.29, 1.82) is 0 Å². The van der Waals surface area contributed by atoms with Crippen LogP contribution in [0.5, 0.6) is 5.75 Å². The summed E-state index contributed by atoms with van der Waals surface area (Å²) in [6.07, 6.45) is 2.12. The number of piperidine rings is 1. The van der Waals surface area contributed by atoms with Gasteiger partial charge in [-0.3, -0.25) is 4.90 Å². The summed E-state index contributed by atoms with van der Waals surface area (Å²) in [4.78, 5) is 22.3. The Bertz CT molecular complexity index is 1060. The first-order valence-electron chi connectivity index (χ1n) is 10.4. The molecule has 0 bridgehead atoms. The number of nitrogens with two attached hydrogens (primary N) is 2. The predicted octanol–water partition coefficient (Wildman–Crippen LogP) is 2.87. The molecule has 1 fully saturated rings. The van der Waals surface area contributed by atoms with E-state index in [4.69, 9.17) is 20.9 Å². The van der Waals surface area contributed by atoms with Gasteiger partial charge in [-0.2, -0.15) is 4.98 Å². The Morgan fingerprint density at radius 3 is 2.55 bits per heavy atom. The molecule has 0 radical (unpaired) electrons. The Labute approximate surface area is 181 Å². The van der Waals surface area contributed by atoms with Gasteiger partial charge < -0.3 is 20.9 Å². The van der Waals surface area contributed by atoms with E-state index in [1.54, 1.807) is 0 Å². The lowest BCUT2D eigenvalue weighted by atomic mass is 9.97. The van der Waals surface area contributed by atoms with E-state index in [2.05, 4.69) is 14.9 Å². The molecule has 1 aliphatic heterocycles. The van der Waals surface area contributed by atoms with Gasteiger partial charge in [0.25, 0.3) is 0 Å². The normalized spacial score (nSPS) is 15.1. The van der Waals surface area contributed by atoms with E-state index in [9.17, 15) is 4.79 Å². The molecule has 1 aromatic heterocycles. The van der Waals surface area contributed by atoms with Gasteiger partial charge in [-0.1, -0.05) is 18.2 Å². The molecule has 31 heavy (non-hydrogen) atoms. The van der Waals surface area contributed by atoms with Crippen LogP contribution >= 0.6 is 0 Å². The van der Waals surface area contributed by atoms with Crippen LogP contribution in [0, 0.1) is 5.92 Å². The molecular formula is C23H27N5O3. The Morgan fingerprint density at radius 2 is 1.84 bits per heavy atom. The number of methoxy groups -OCH3 is 1. The van der Waals surface area contributed by atoms with Crippen molar-refractivity contribution in [2.45, 2.75) is 19.4 Å². The number of rotatable bonds is 6. The Balaban J connectivity index is 1.30. The maximum atomic E-state index is 11.6. The van der Waals surface area contributed by atoms with Crippen molar-refractivity contribution in [2.24, 2.45) is 5.92 Å². The third-order valence-electron chi connectivity index (χ3n) is 5.69. The highest BCUT2D eigenvalue weighted by molar-refractivity contribution is 5.94. The van der Waals surface area contributed by atoms with E-state index < -0.39 is 0 Å². The van der Waals surface area contributed by atoms with Gasteiger partial charge >= 0.3 is 5.97 Å². The van der Waals surface area contributed by atoms with Gasteiger partial charge in [-0.05, 0) is 61.7 Å². The minimum absolute atomic E-state index is 0.162. The van der Waals surface area contributed by atoms with Crippen molar-refractivity contribution in [2.75, 3.05) is 38.3 Å². The Hall–Kier alpha value is -3.39. The minimum atomic E-state index is -0.310. The van der Waals surface area contributed by atoms with Crippen molar-refractivity contribution in [3.63, 3.8) is 0 Å². The van der Waals surface area contributed by atoms with Crippen LogP contribution in [0.15, 0.2) is 42.5 Å². The molecule has 0 saturated carbocycles. The van der Waals surface area contributed by atoms with Crippen LogP contribution in [-0.4, -0.2) is 47.6 Å².